The van der Waals surface area contributed by atoms with E-state index < -0.39 is 5.97 Å². The zero-order valence-electron chi connectivity index (χ0n) is 19.4. The van der Waals surface area contributed by atoms with E-state index >= 15 is 0 Å². The Labute approximate surface area is 195 Å². The molecule has 0 bridgehead atoms. The van der Waals surface area contributed by atoms with Gasteiger partial charge in [0.2, 0.25) is 5.91 Å². The van der Waals surface area contributed by atoms with Gasteiger partial charge in [-0.15, -0.1) is 0 Å². The predicted molar refractivity (Wildman–Crippen MR) is 132 cm³/mol. The molecule has 0 aliphatic rings. The number of hydrogen-bond donors (Lipinski definition) is 0. The summed E-state index contributed by atoms with van der Waals surface area (Å²) < 4.78 is 9.88. The fraction of sp³-hybridized carbons (Fsp3) is 0.214. The first-order valence-corrected chi connectivity index (χ1v) is 10.8. The monoisotopic (exact) mass is 443 g/mol. The van der Waals surface area contributed by atoms with Gasteiger partial charge in [0.05, 0.1) is 20.8 Å². The lowest BCUT2D eigenvalue weighted by molar-refractivity contribution is -0.134. The molecule has 0 unspecified atom stereocenters. The molecule has 0 atom stereocenters. The van der Waals surface area contributed by atoms with Gasteiger partial charge in [0, 0.05) is 17.7 Å². The van der Waals surface area contributed by atoms with Gasteiger partial charge >= 0.3 is 5.97 Å². The maximum atomic E-state index is 13.0. The maximum absolute atomic E-state index is 13.0. The van der Waals surface area contributed by atoms with Gasteiger partial charge in [-0.25, -0.2) is 4.79 Å². The number of benzene rings is 3. The second-order valence-corrected chi connectivity index (χ2v) is 7.96. The average molecular weight is 444 g/mol. The summed E-state index contributed by atoms with van der Waals surface area (Å²) in [6.07, 6.45) is 3.04. The number of esters is 1. The Bertz CT molecular complexity index is 1120. The summed E-state index contributed by atoms with van der Waals surface area (Å²) in [7, 11) is 2.99. The summed E-state index contributed by atoms with van der Waals surface area (Å²) in [4.78, 5) is 26.2. The quantitative estimate of drug-likeness (QED) is 0.329. The summed E-state index contributed by atoms with van der Waals surface area (Å²) in [5.41, 5.74) is 4.81. The largest absolute Gasteiger partial charge is 0.497 e. The number of carbonyl (C=O) groups is 2. The van der Waals surface area contributed by atoms with E-state index in [0.717, 1.165) is 33.7 Å². The highest BCUT2D eigenvalue weighted by atomic mass is 16.5. The fourth-order valence-electron chi connectivity index (χ4n) is 3.41. The highest BCUT2D eigenvalue weighted by Crippen LogP contribution is 2.25. The van der Waals surface area contributed by atoms with E-state index in [2.05, 4.69) is 16.9 Å². The zero-order valence-corrected chi connectivity index (χ0v) is 19.4. The minimum atomic E-state index is -0.424. The lowest BCUT2D eigenvalue weighted by Gasteiger charge is -2.25. The first-order valence-electron chi connectivity index (χ1n) is 10.8. The minimum Gasteiger partial charge on any atom is -0.497 e. The van der Waals surface area contributed by atoms with Crippen LogP contribution in [0.25, 0.3) is 17.2 Å². The number of ether oxygens (including phenoxy) is 2. The summed E-state index contributed by atoms with van der Waals surface area (Å²) in [6.45, 7) is 4.23. The van der Waals surface area contributed by atoms with E-state index in [9.17, 15) is 9.59 Å². The van der Waals surface area contributed by atoms with Gasteiger partial charge in [0.25, 0.3) is 0 Å². The van der Waals surface area contributed by atoms with Crippen LogP contribution in [0.3, 0.4) is 0 Å². The number of rotatable bonds is 8. The molecule has 0 saturated carbocycles. The Hall–Kier alpha value is -3.86. The van der Waals surface area contributed by atoms with Crippen LogP contribution < -0.4 is 9.64 Å². The zero-order chi connectivity index (χ0) is 23.8. The third-order valence-electron chi connectivity index (χ3n) is 5.27. The topological polar surface area (TPSA) is 55.8 Å². The van der Waals surface area contributed by atoms with Gasteiger partial charge < -0.3 is 14.4 Å². The summed E-state index contributed by atoms with van der Waals surface area (Å²) >= 11 is 0. The van der Waals surface area contributed by atoms with E-state index in [1.807, 2.05) is 74.5 Å². The van der Waals surface area contributed by atoms with Crippen molar-refractivity contribution in [2.75, 3.05) is 19.1 Å². The van der Waals surface area contributed by atoms with Gasteiger partial charge in [-0.2, -0.15) is 0 Å². The SMILES string of the molecule is COC(=O)/C=C/c1cccc(N(Cc2ccc(-c3ccc(OC)cc3)cc2)C(=O)C(C)C)c1. The van der Waals surface area contributed by atoms with E-state index in [1.54, 1.807) is 18.1 Å². The Kier molecular flexibility index (Phi) is 8.03. The number of nitrogens with zero attached hydrogens (tertiary/aromatic N) is 1. The number of methoxy groups -OCH3 is 2. The molecule has 1 amide bonds. The lowest BCUT2D eigenvalue weighted by atomic mass is 10.0. The molecule has 0 N–H and O–H groups in total. The van der Waals surface area contributed by atoms with E-state index in [0.29, 0.717) is 6.54 Å². The molecule has 0 aliphatic heterocycles. The van der Waals surface area contributed by atoms with Crippen molar-refractivity contribution in [2.45, 2.75) is 20.4 Å². The van der Waals surface area contributed by atoms with Crippen LogP contribution in [-0.2, 0) is 20.9 Å². The fourth-order valence-corrected chi connectivity index (χ4v) is 3.41. The molecule has 3 aromatic carbocycles. The highest BCUT2D eigenvalue weighted by molar-refractivity contribution is 5.95. The number of anilines is 1. The van der Waals surface area contributed by atoms with Crippen molar-refractivity contribution in [1.29, 1.82) is 0 Å². The van der Waals surface area contributed by atoms with Crippen LogP contribution >= 0.6 is 0 Å². The van der Waals surface area contributed by atoms with Gasteiger partial charge in [0.1, 0.15) is 5.75 Å². The molecule has 0 fully saturated rings. The van der Waals surface area contributed by atoms with Crippen LogP contribution in [0.2, 0.25) is 0 Å². The molecule has 3 aromatic rings. The summed E-state index contributed by atoms with van der Waals surface area (Å²) in [6, 6.07) is 23.7. The summed E-state index contributed by atoms with van der Waals surface area (Å²) in [5, 5.41) is 0. The van der Waals surface area contributed by atoms with Crippen LogP contribution in [-0.4, -0.2) is 26.1 Å². The second kappa shape index (κ2) is 11.1. The molecule has 5 heteroatoms. The van der Waals surface area contributed by atoms with Crippen molar-refractivity contribution in [3.63, 3.8) is 0 Å². The molecule has 3 rings (SSSR count). The molecule has 0 heterocycles. The Morgan fingerprint density at radius 3 is 2.12 bits per heavy atom. The van der Waals surface area contributed by atoms with Crippen molar-refractivity contribution >= 4 is 23.6 Å². The molecular formula is C28H29NO4. The van der Waals surface area contributed by atoms with Gasteiger partial charge in [-0.1, -0.05) is 62.4 Å². The van der Waals surface area contributed by atoms with Gasteiger partial charge in [-0.3, -0.25) is 4.79 Å². The smallest absolute Gasteiger partial charge is 0.330 e. The maximum Gasteiger partial charge on any atom is 0.330 e. The molecule has 0 spiro atoms. The van der Waals surface area contributed by atoms with Crippen LogP contribution in [0.5, 0.6) is 5.75 Å². The van der Waals surface area contributed by atoms with E-state index in [4.69, 9.17) is 4.74 Å². The van der Waals surface area contributed by atoms with Crippen LogP contribution in [0.1, 0.15) is 25.0 Å². The van der Waals surface area contributed by atoms with Crippen LogP contribution in [0.15, 0.2) is 78.9 Å². The third-order valence-corrected chi connectivity index (χ3v) is 5.27. The molecule has 0 aliphatic carbocycles. The molecular weight excluding hydrogens is 414 g/mol. The Morgan fingerprint density at radius 2 is 1.55 bits per heavy atom. The minimum absolute atomic E-state index is 0.0309. The normalized spacial score (nSPS) is 10.9. The van der Waals surface area contributed by atoms with Crippen LogP contribution in [0, 0.1) is 5.92 Å². The molecule has 0 aromatic heterocycles. The van der Waals surface area contributed by atoms with Gasteiger partial charge in [-0.05, 0) is 52.6 Å². The molecule has 0 radical (unpaired) electrons. The number of carbonyl (C=O) groups excluding carboxylic acids is 2. The number of hydrogen-bond acceptors (Lipinski definition) is 4. The molecule has 0 saturated heterocycles. The van der Waals surface area contributed by atoms with E-state index in [-0.39, 0.29) is 11.8 Å². The van der Waals surface area contributed by atoms with Crippen molar-refractivity contribution in [3.05, 3.63) is 90.0 Å². The lowest BCUT2D eigenvalue weighted by Crippen LogP contribution is -2.33. The van der Waals surface area contributed by atoms with Crippen molar-refractivity contribution in [3.8, 4) is 16.9 Å². The van der Waals surface area contributed by atoms with Crippen molar-refractivity contribution in [2.24, 2.45) is 5.92 Å². The van der Waals surface area contributed by atoms with Crippen molar-refractivity contribution < 1.29 is 19.1 Å². The molecule has 170 valence electrons. The van der Waals surface area contributed by atoms with Crippen molar-refractivity contribution in [1.82, 2.24) is 0 Å². The number of amides is 1. The first-order chi connectivity index (χ1) is 15.9. The highest BCUT2D eigenvalue weighted by Gasteiger charge is 2.19. The standard InChI is InChI=1S/C28H29NO4/c1-20(2)28(31)29(25-7-5-6-21(18-25)10-17-27(30)33-4)19-22-8-11-23(12-9-22)24-13-15-26(32-3)16-14-24/h5-18,20H,19H2,1-4H3/b17-10+. The first kappa shape index (κ1) is 23.8. The van der Waals surface area contributed by atoms with E-state index in [1.165, 1.54) is 13.2 Å². The van der Waals surface area contributed by atoms with Crippen LogP contribution in [0.4, 0.5) is 5.69 Å². The Balaban J connectivity index is 1.84. The third kappa shape index (κ3) is 6.32. The Morgan fingerprint density at radius 1 is 0.909 bits per heavy atom. The second-order valence-electron chi connectivity index (χ2n) is 7.96. The van der Waals surface area contributed by atoms with Gasteiger partial charge in [0.15, 0.2) is 0 Å². The predicted octanol–water partition coefficient (Wildman–Crippen LogP) is 5.74. The molecule has 5 nitrogen and oxygen atoms in total. The molecule has 33 heavy (non-hydrogen) atoms. The summed E-state index contributed by atoms with van der Waals surface area (Å²) in [5.74, 6) is 0.274. The average Bonchev–Trinajstić information content (AvgIpc) is 2.86.